The number of aromatic amines is 1. The van der Waals surface area contributed by atoms with E-state index in [4.69, 9.17) is 10.6 Å². The number of amides is 1. The molecule has 3 rings (SSSR count). The van der Waals surface area contributed by atoms with Crippen molar-refractivity contribution in [2.75, 3.05) is 12.3 Å². The number of carbonyl (C=O) groups excluding carboxylic acids is 1. The Morgan fingerprint density at radius 2 is 2.00 bits per heavy atom. The first-order valence-corrected chi connectivity index (χ1v) is 11.3. The molecule has 1 aromatic heterocycles. The first kappa shape index (κ1) is 23.2. The summed E-state index contributed by atoms with van der Waals surface area (Å²) in [6.07, 6.45) is 2.84. The number of aryl methyl sites for hydroxylation is 1. The van der Waals surface area contributed by atoms with Gasteiger partial charge in [0.05, 0.1) is 10.6 Å². The molecule has 13 heteroatoms. The van der Waals surface area contributed by atoms with Crippen LogP contribution in [0.4, 0.5) is 5.95 Å². The molecule has 1 unspecified atom stereocenters. The summed E-state index contributed by atoms with van der Waals surface area (Å²) in [5.74, 6) is -2.10. The highest BCUT2D eigenvalue weighted by Crippen LogP contribution is 2.19. The van der Waals surface area contributed by atoms with Crippen LogP contribution in [0.1, 0.15) is 31.4 Å². The van der Waals surface area contributed by atoms with E-state index in [0.29, 0.717) is 18.5 Å². The molecule has 6 N–H and O–H groups in total. The van der Waals surface area contributed by atoms with Crippen LogP contribution in [-0.2, 0) is 30.9 Å². The first-order chi connectivity index (χ1) is 15.2. The summed E-state index contributed by atoms with van der Waals surface area (Å²) in [7, 11) is -4.27. The Hall–Kier alpha value is -3.45. The van der Waals surface area contributed by atoms with Gasteiger partial charge in [0.1, 0.15) is 12.3 Å². The van der Waals surface area contributed by atoms with E-state index in [-0.39, 0.29) is 42.4 Å². The third-order valence-electron chi connectivity index (χ3n) is 4.81. The maximum Gasteiger partial charge on any atom is 0.345 e. The minimum atomic E-state index is -4.27. The lowest BCUT2D eigenvalue weighted by Gasteiger charge is -2.31. The van der Waals surface area contributed by atoms with Gasteiger partial charge in [-0.15, -0.1) is 0 Å². The van der Waals surface area contributed by atoms with Gasteiger partial charge in [0.25, 0.3) is 5.91 Å². The minimum absolute atomic E-state index is 0.0125. The first-order valence-electron chi connectivity index (χ1n) is 9.85. The van der Waals surface area contributed by atoms with Crippen molar-refractivity contribution < 1.29 is 28.0 Å². The van der Waals surface area contributed by atoms with Gasteiger partial charge in [-0.05, 0) is 37.8 Å². The van der Waals surface area contributed by atoms with Crippen molar-refractivity contribution in [2.45, 2.75) is 42.7 Å². The maximum absolute atomic E-state index is 12.9. The number of hydrogen-bond acceptors (Lipinski definition) is 8. The van der Waals surface area contributed by atoms with E-state index in [9.17, 15) is 23.1 Å². The van der Waals surface area contributed by atoms with Crippen LogP contribution in [0.15, 0.2) is 46.6 Å². The van der Waals surface area contributed by atoms with E-state index in [1.807, 2.05) is 0 Å². The molecule has 2 aromatic rings. The van der Waals surface area contributed by atoms with Crippen molar-refractivity contribution in [2.24, 2.45) is 5.16 Å². The fourth-order valence-corrected chi connectivity index (χ4v) is 4.50. The molecule has 0 saturated carbocycles. The zero-order valence-electron chi connectivity index (χ0n) is 17.1. The molecule has 1 aromatic carbocycles. The predicted molar refractivity (Wildman–Crippen MR) is 114 cm³/mol. The summed E-state index contributed by atoms with van der Waals surface area (Å²) in [6.45, 7) is 0.186. The third kappa shape index (κ3) is 5.62. The highest BCUT2D eigenvalue weighted by atomic mass is 32.2. The van der Waals surface area contributed by atoms with Crippen molar-refractivity contribution in [3.63, 3.8) is 0 Å². The number of aliphatic carboxylic acids is 1. The molecule has 0 fully saturated rings. The molecule has 0 radical (unpaired) electrons. The number of nitrogen functional groups attached to an aromatic ring is 1. The van der Waals surface area contributed by atoms with Crippen molar-refractivity contribution in [1.82, 2.24) is 20.0 Å². The molecule has 12 nitrogen and oxygen atoms in total. The lowest BCUT2D eigenvalue weighted by molar-refractivity contribution is -0.148. The molecule has 0 aliphatic carbocycles. The number of sulfonamides is 1. The molecule has 0 bridgehead atoms. The van der Waals surface area contributed by atoms with E-state index < -0.39 is 27.6 Å². The molecule has 1 aliphatic heterocycles. The fraction of sp³-hybridized carbons (Fsp3) is 0.368. The van der Waals surface area contributed by atoms with Crippen LogP contribution in [0, 0.1) is 0 Å². The molecule has 0 spiro atoms. The maximum atomic E-state index is 12.9. The lowest BCUT2D eigenvalue weighted by atomic mass is 10.0. The SMILES string of the molecule is Nc1nc(CCCCC(NC(=O)C2=NOCC2)(NS(=O)(=O)c2ccccc2)C(=O)O)c[nH]1. The number of unbranched alkanes of at least 4 members (excludes halogenated alkanes) is 1. The summed E-state index contributed by atoms with van der Waals surface area (Å²) in [5.41, 5.74) is 3.93. The van der Waals surface area contributed by atoms with Crippen LogP contribution < -0.4 is 15.8 Å². The predicted octanol–water partition coefficient (Wildman–Crippen LogP) is 0.357. The van der Waals surface area contributed by atoms with Gasteiger partial charge in [-0.3, -0.25) is 4.79 Å². The standard InChI is InChI=1S/C19H24N6O6S/c20-18-21-12-13(22-18)6-4-5-10-19(17(27)28,23-16(26)15-9-11-31-24-15)25-32(29,30)14-7-2-1-3-8-14/h1-3,7-8,12,25H,4-6,9-11H2,(H,23,26)(H,27,28)(H3,20,21,22). The number of carboxylic acids is 1. The molecular weight excluding hydrogens is 440 g/mol. The van der Waals surface area contributed by atoms with E-state index in [1.54, 1.807) is 12.3 Å². The number of nitrogens with two attached hydrogens (primary N) is 1. The second kappa shape index (κ2) is 9.78. The number of carboxylic acid groups (broad SMARTS) is 1. The number of nitrogens with zero attached hydrogens (tertiary/aromatic N) is 2. The molecule has 32 heavy (non-hydrogen) atoms. The van der Waals surface area contributed by atoms with Crippen LogP contribution >= 0.6 is 0 Å². The Balaban J connectivity index is 1.81. The third-order valence-corrected chi connectivity index (χ3v) is 6.32. The van der Waals surface area contributed by atoms with Crippen LogP contribution in [0.5, 0.6) is 0 Å². The van der Waals surface area contributed by atoms with Crippen LogP contribution in [-0.4, -0.2) is 53.4 Å². The number of H-pyrrole nitrogens is 1. The summed E-state index contributed by atoms with van der Waals surface area (Å²) < 4.78 is 28.0. The van der Waals surface area contributed by atoms with E-state index in [2.05, 4.69) is 25.2 Å². The molecule has 1 aliphatic rings. The topological polar surface area (TPSA) is 189 Å². The number of aromatic nitrogens is 2. The summed E-state index contributed by atoms with van der Waals surface area (Å²) in [5, 5.41) is 15.9. The van der Waals surface area contributed by atoms with E-state index in [1.165, 1.54) is 24.3 Å². The Morgan fingerprint density at radius 1 is 1.25 bits per heavy atom. The largest absolute Gasteiger partial charge is 0.478 e. The normalized spacial score (nSPS) is 15.4. The number of hydrogen-bond donors (Lipinski definition) is 5. The summed E-state index contributed by atoms with van der Waals surface area (Å²) in [6, 6.07) is 7.30. The number of rotatable bonds is 11. The number of oxime groups is 1. The van der Waals surface area contributed by atoms with Crippen molar-refractivity contribution >= 4 is 33.6 Å². The number of carbonyl (C=O) groups is 2. The minimum Gasteiger partial charge on any atom is -0.478 e. The second-order valence-corrected chi connectivity index (χ2v) is 8.87. The smallest absolute Gasteiger partial charge is 0.345 e. The average molecular weight is 465 g/mol. The quantitative estimate of drug-likeness (QED) is 0.233. The van der Waals surface area contributed by atoms with Crippen LogP contribution in [0.2, 0.25) is 0 Å². The number of anilines is 1. The van der Waals surface area contributed by atoms with Gasteiger partial charge in [0.15, 0.2) is 5.95 Å². The molecule has 172 valence electrons. The van der Waals surface area contributed by atoms with E-state index >= 15 is 0 Å². The summed E-state index contributed by atoms with van der Waals surface area (Å²) in [4.78, 5) is 36.4. The van der Waals surface area contributed by atoms with Crippen molar-refractivity contribution in [3.8, 4) is 0 Å². The van der Waals surface area contributed by atoms with Gasteiger partial charge in [0.2, 0.25) is 15.7 Å². The number of nitrogens with one attached hydrogen (secondary N) is 3. The summed E-state index contributed by atoms with van der Waals surface area (Å²) >= 11 is 0. The van der Waals surface area contributed by atoms with Crippen LogP contribution in [0.25, 0.3) is 0 Å². The van der Waals surface area contributed by atoms with Gasteiger partial charge >= 0.3 is 5.97 Å². The Bertz CT molecular complexity index is 1100. The number of imidazole rings is 1. The molecule has 2 heterocycles. The number of benzene rings is 1. The lowest BCUT2D eigenvalue weighted by Crippen LogP contribution is -2.66. The second-order valence-electron chi connectivity index (χ2n) is 7.19. The van der Waals surface area contributed by atoms with Crippen LogP contribution in [0.3, 0.4) is 0 Å². The van der Waals surface area contributed by atoms with Gasteiger partial charge in [-0.25, -0.2) is 18.2 Å². The van der Waals surface area contributed by atoms with Gasteiger partial charge in [-0.2, -0.15) is 4.72 Å². The van der Waals surface area contributed by atoms with Gasteiger partial charge < -0.3 is 26.0 Å². The zero-order valence-corrected chi connectivity index (χ0v) is 17.9. The van der Waals surface area contributed by atoms with Crippen molar-refractivity contribution in [1.29, 1.82) is 0 Å². The zero-order chi connectivity index (χ0) is 23.2. The molecule has 1 amide bonds. The Labute approximate surface area is 184 Å². The monoisotopic (exact) mass is 464 g/mol. The van der Waals surface area contributed by atoms with E-state index in [0.717, 1.165) is 0 Å². The molecule has 1 atom stereocenters. The Morgan fingerprint density at radius 3 is 2.59 bits per heavy atom. The fourth-order valence-electron chi connectivity index (χ4n) is 3.16. The average Bonchev–Trinajstić information content (AvgIpc) is 3.43. The van der Waals surface area contributed by atoms with Gasteiger partial charge in [0, 0.05) is 12.6 Å². The van der Waals surface area contributed by atoms with Crippen molar-refractivity contribution in [3.05, 3.63) is 42.2 Å². The molecular formula is C19H24N6O6S. The molecule has 0 saturated heterocycles. The highest BCUT2D eigenvalue weighted by Gasteiger charge is 2.44. The van der Waals surface area contributed by atoms with Gasteiger partial charge in [-0.1, -0.05) is 23.4 Å². The Kier molecular flexibility index (Phi) is 7.10. The highest BCUT2D eigenvalue weighted by molar-refractivity contribution is 7.89.